The molecule has 2 aromatic rings. The topological polar surface area (TPSA) is 72.3 Å². The summed E-state index contributed by atoms with van der Waals surface area (Å²) in [6.45, 7) is 4.64. The van der Waals surface area contributed by atoms with E-state index < -0.39 is 0 Å². The Morgan fingerprint density at radius 2 is 2.09 bits per heavy atom. The van der Waals surface area contributed by atoms with Crippen LogP contribution in [0.2, 0.25) is 0 Å². The third-order valence-corrected chi connectivity index (χ3v) is 3.02. The lowest BCUT2D eigenvalue weighted by Crippen LogP contribution is -2.11. The van der Waals surface area contributed by atoms with Crippen LogP contribution in [0.1, 0.15) is 32.4 Å². The van der Waals surface area contributed by atoms with Gasteiger partial charge in [0.15, 0.2) is 5.82 Å². The van der Waals surface area contributed by atoms with Crippen LogP contribution in [-0.2, 0) is 0 Å². The van der Waals surface area contributed by atoms with Gasteiger partial charge in [-0.05, 0) is 25.5 Å². The van der Waals surface area contributed by atoms with Gasteiger partial charge >= 0.3 is 0 Å². The fourth-order valence-electron chi connectivity index (χ4n) is 2.10. The first-order valence-corrected chi connectivity index (χ1v) is 7.45. The van der Waals surface area contributed by atoms with Gasteiger partial charge < -0.3 is 10.2 Å². The number of aromatic nitrogens is 3. The number of para-hydroxylation sites is 1. The molecule has 6 nitrogen and oxygen atoms in total. The predicted octanol–water partition coefficient (Wildman–Crippen LogP) is 2.66. The highest BCUT2D eigenvalue weighted by molar-refractivity contribution is 5.98. The third-order valence-electron chi connectivity index (χ3n) is 3.02. The number of rotatable bonds is 7. The maximum Gasteiger partial charge on any atom is 0.186 e. The van der Waals surface area contributed by atoms with E-state index in [1.165, 1.54) is 0 Å². The molecule has 0 spiro atoms. The van der Waals surface area contributed by atoms with Gasteiger partial charge in [-0.1, -0.05) is 25.5 Å². The first kappa shape index (κ1) is 15.9. The zero-order valence-electron chi connectivity index (χ0n) is 13.2. The molecule has 116 valence electrons. The Kier molecular flexibility index (Phi) is 5.82. The lowest BCUT2D eigenvalue weighted by Gasteiger charge is -2.09. The molecule has 1 aromatic heterocycles. The number of nitrogens with one attached hydrogen (secondary N) is 1. The van der Waals surface area contributed by atoms with E-state index in [-0.39, 0.29) is 0 Å². The molecule has 1 N–H and O–H groups in total. The Hall–Kier alpha value is -2.50. The zero-order valence-corrected chi connectivity index (χ0v) is 13.2. The van der Waals surface area contributed by atoms with E-state index in [4.69, 9.17) is 4.74 Å². The molecular weight excluding hydrogens is 278 g/mol. The minimum atomic E-state index is 0.543. The molecule has 0 amide bonds. The molecule has 0 aliphatic heterocycles. The van der Waals surface area contributed by atoms with Gasteiger partial charge in [0.2, 0.25) is 0 Å². The van der Waals surface area contributed by atoms with Gasteiger partial charge in [0.25, 0.3) is 0 Å². The van der Waals surface area contributed by atoms with Crippen LogP contribution >= 0.6 is 0 Å². The smallest absolute Gasteiger partial charge is 0.186 e. The van der Waals surface area contributed by atoms with Crippen molar-refractivity contribution in [2.24, 2.45) is 5.10 Å². The van der Waals surface area contributed by atoms with Crippen molar-refractivity contribution in [3.63, 3.8) is 0 Å². The fourth-order valence-corrected chi connectivity index (χ4v) is 2.10. The fraction of sp³-hybridized carbons (Fsp3) is 0.375. The third kappa shape index (κ3) is 3.78. The van der Waals surface area contributed by atoms with Crippen molar-refractivity contribution in [3.05, 3.63) is 36.2 Å². The highest BCUT2D eigenvalue weighted by Crippen LogP contribution is 2.26. The largest absolute Gasteiger partial charge is 0.493 e. The van der Waals surface area contributed by atoms with Crippen molar-refractivity contribution in [1.29, 1.82) is 0 Å². The highest BCUT2D eigenvalue weighted by Gasteiger charge is 2.12. The molecule has 2 rings (SSSR count). The second-order valence-corrected chi connectivity index (χ2v) is 4.63. The first-order chi connectivity index (χ1) is 10.8. The minimum Gasteiger partial charge on any atom is -0.493 e. The average molecular weight is 299 g/mol. The molecule has 0 unspecified atom stereocenters. The molecule has 22 heavy (non-hydrogen) atoms. The summed E-state index contributed by atoms with van der Waals surface area (Å²) in [7, 11) is 1.77. The molecule has 0 fully saturated rings. The summed E-state index contributed by atoms with van der Waals surface area (Å²) in [5, 5.41) is 12.5. The van der Waals surface area contributed by atoms with Gasteiger partial charge in [0.05, 0.1) is 24.1 Å². The van der Waals surface area contributed by atoms with E-state index in [0.29, 0.717) is 12.4 Å². The number of ether oxygens (including phenoxy) is 1. The van der Waals surface area contributed by atoms with Gasteiger partial charge in [-0.25, -0.2) is 4.98 Å². The Morgan fingerprint density at radius 1 is 1.27 bits per heavy atom. The van der Waals surface area contributed by atoms with Gasteiger partial charge in [0, 0.05) is 7.05 Å². The number of hydrogen-bond donors (Lipinski definition) is 1. The second kappa shape index (κ2) is 8.07. The van der Waals surface area contributed by atoms with E-state index in [0.717, 1.165) is 35.6 Å². The first-order valence-electron chi connectivity index (χ1n) is 7.45. The van der Waals surface area contributed by atoms with E-state index in [2.05, 4.69) is 32.6 Å². The molecule has 0 bridgehead atoms. The van der Waals surface area contributed by atoms with Crippen molar-refractivity contribution >= 4 is 5.71 Å². The SMILES string of the molecule is CCC/C(=N\NC)c1cnnc(-c2ccccc2OCC)n1. The van der Waals surface area contributed by atoms with Gasteiger partial charge in [-0.15, -0.1) is 5.10 Å². The standard InChI is InChI=1S/C16H21N5O/c1-4-8-13(20-17-3)14-11-18-21-16(19-14)12-9-6-7-10-15(12)22-5-2/h6-7,9-11,17H,4-5,8H2,1-3H3/b20-13+. The monoisotopic (exact) mass is 299 g/mol. The van der Waals surface area contributed by atoms with Crippen LogP contribution in [0.4, 0.5) is 0 Å². The van der Waals surface area contributed by atoms with E-state index in [9.17, 15) is 0 Å². The van der Waals surface area contributed by atoms with Crippen LogP contribution in [0.15, 0.2) is 35.6 Å². The normalized spacial score (nSPS) is 11.3. The summed E-state index contributed by atoms with van der Waals surface area (Å²) >= 11 is 0. The molecule has 6 heteroatoms. The summed E-state index contributed by atoms with van der Waals surface area (Å²) in [4.78, 5) is 4.60. The summed E-state index contributed by atoms with van der Waals surface area (Å²) in [6.07, 6.45) is 3.44. The highest BCUT2D eigenvalue weighted by atomic mass is 16.5. The summed E-state index contributed by atoms with van der Waals surface area (Å²) < 4.78 is 5.64. The number of hydrazone groups is 1. The molecular formula is C16H21N5O. The van der Waals surface area contributed by atoms with Crippen LogP contribution in [0.25, 0.3) is 11.4 Å². The summed E-state index contributed by atoms with van der Waals surface area (Å²) in [5.41, 5.74) is 5.25. The molecule has 0 saturated heterocycles. The predicted molar refractivity (Wildman–Crippen MR) is 86.9 cm³/mol. The van der Waals surface area contributed by atoms with Crippen LogP contribution in [0, 0.1) is 0 Å². The number of benzene rings is 1. The molecule has 1 heterocycles. The average Bonchev–Trinajstić information content (AvgIpc) is 2.56. The molecule has 0 aliphatic rings. The summed E-state index contributed by atoms with van der Waals surface area (Å²) in [6, 6.07) is 7.70. The van der Waals surface area contributed by atoms with Gasteiger partial charge in [0.1, 0.15) is 11.4 Å². The van der Waals surface area contributed by atoms with Gasteiger partial charge in [-0.3, -0.25) is 0 Å². The quantitative estimate of drug-likeness (QED) is 0.628. The molecule has 1 aromatic carbocycles. The van der Waals surface area contributed by atoms with Gasteiger partial charge in [-0.2, -0.15) is 10.2 Å². The van der Waals surface area contributed by atoms with Crippen molar-refractivity contribution in [2.45, 2.75) is 26.7 Å². The summed E-state index contributed by atoms with van der Waals surface area (Å²) in [5.74, 6) is 1.30. The van der Waals surface area contributed by atoms with Crippen molar-refractivity contribution in [3.8, 4) is 17.1 Å². The number of hydrogen-bond acceptors (Lipinski definition) is 6. The Labute approximate surface area is 130 Å². The Bertz CT molecular complexity index is 642. The molecule has 0 radical (unpaired) electrons. The van der Waals surface area contributed by atoms with E-state index in [1.54, 1.807) is 13.2 Å². The zero-order chi connectivity index (χ0) is 15.8. The lowest BCUT2D eigenvalue weighted by atomic mass is 10.1. The minimum absolute atomic E-state index is 0.543. The van der Waals surface area contributed by atoms with E-state index >= 15 is 0 Å². The van der Waals surface area contributed by atoms with Crippen LogP contribution in [0.5, 0.6) is 5.75 Å². The molecule has 0 atom stereocenters. The van der Waals surface area contributed by atoms with Crippen molar-refractivity contribution in [1.82, 2.24) is 20.6 Å². The maximum absolute atomic E-state index is 5.64. The van der Waals surface area contributed by atoms with Crippen molar-refractivity contribution < 1.29 is 4.74 Å². The van der Waals surface area contributed by atoms with Crippen molar-refractivity contribution in [2.75, 3.05) is 13.7 Å². The maximum atomic E-state index is 5.64. The Balaban J connectivity index is 2.42. The second-order valence-electron chi connectivity index (χ2n) is 4.63. The van der Waals surface area contributed by atoms with Crippen LogP contribution in [0.3, 0.4) is 0 Å². The lowest BCUT2D eigenvalue weighted by molar-refractivity contribution is 0.341. The molecule has 0 saturated carbocycles. The molecule has 0 aliphatic carbocycles. The number of nitrogens with zero attached hydrogens (tertiary/aromatic N) is 4. The van der Waals surface area contributed by atoms with Crippen LogP contribution < -0.4 is 10.2 Å². The Morgan fingerprint density at radius 3 is 2.82 bits per heavy atom. The van der Waals surface area contributed by atoms with E-state index in [1.807, 2.05) is 31.2 Å². The van der Waals surface area contributed by atoms with Crippen LogP contribution in [-0.4, -0.2) is 34.5 Å².